The third-order valence-electron chi connectivity index (χ3n) is 4.21. The van der Waals surface area contributed by atoms with E-state index >= 15 is 0 Å². The molecule has 0 bridgehead atoms. The summed E-state index contributed by atoms with van der Waals surface area (Å²) in [6, 6.07) is 0.175. The quantitative estimate of drug-likeness (QED) is 0.597. The molecule has 0 spiro atoms. The van der Waals surface area contributed by atoms with Crippen LogP contribution in [0.1, 0.15) is 84.5 Å². The maximum absolute atomic E-state index is 12.3. The highest BCUT2D eigenvalue weighted by molar-refractivity contribution is 5.79. The summed E-state index contributed by atoms with van der Waals surface area (Å²) in [5, 5.41) is 0. The summed E-state index contributed by atoms with van der Waals surface area (Å²) in [5.41, 5.74) is 0. The summed E-state index contributed by atoms with van der Waals surface area (Å²) >= 11 is 0. The van der Waals surface area contributed by atoms with Crippen LogP contribution in [0.15, 0.2) is 0 Å². The van der Waals surface area contributed by atoms with E-state index in [-0.39, 0.29) is 17.7 Å². The number of hydrogen-bond acceptors (Lipinski definition) is 2. The Morgan fingerprint density at radius 3 is 2.45 bits per heavy atom. The Hall–Kier alpha value is -0.860. The lowest BCUT2D eigenvalue weighted by molar-refractivity contribution is -0.135. The molecule has 0 aromatic rings. The van der Waals surface area contributed by atoms with Crippen molar-refractivity contribution in [2.24, 2.45) is 0 Å². The molecular formula is C17H31NO2. The van der Waals surface area contributed by atoms with Crippen LogP contribution in [0.3, 0.4) is 0 Å². The molecular weight excluding hydrogens is 250 g/mol. The van der Waals surface area contributed by atoms with Crippen molar-refractivity contribution < 1.29 is 9.59 Å². The van der Waals surface area contributed by atoms with Crippen LogP contribution in [0.2, 0.25) is 0 Å². The van der Waals surface area contributed by atoms with Crippen molar-refractivity contribution in [1.29, 1.82) is 0 Å². The molecule has 1 saturated heterocycles. The average molecular weight is 281 g/mol. The Labute approximate surface area is 124 Å². The standard InChI is InChI=1S/C17H31NO2/c1-3-4-5-6-7-8-12-17(20)18-13-10-9-11-16(18)14-15(2)19/h16H,3-14H2,1-2H3. The number of hydrogen-bond donors (Lipinski definition) is 0. The lowest BCUT2D eigenvalue weighted by Crippen LogP contribution is -2.44. The zero-order valence-electron chi connectivity index (χ0n) is 13.3. The number of ketones is 1. The number of piperidine rings is 1. The SMILES string of the molecule is CCCCCCCCC(=O)N1CCCCC1CC(C)=O. The van der Waals surface area contributed by atoms with Crippen LogP contribution in [0.4, 0.5) is 0 Å². The van der Waals surface area contributed by atoms with Gasteiger partial charge in [-0.2, -0.15) is 0 Å². The van der Waals surface area contributed by atoms with Gasteiger partial charge in [-0.3, -0.25) is 9.59 Å². The van der Waals surface area contributed by atoms with Gasteiger partial charge in [0.15, 0.2) is 0 Å². The zero-order valence-corrected chi connectivity index (χ0v) is 13.3. The van der Waals surface area contributed by atoms with Crippen molar-refractivity contribution in [2.75, 3.05) is 6.54 Å². The van der Waals surface area contributed by atoms with E-state index in [9.17, 15) is 9.59 Å². The second-order valence-electron chi connectivity index (χ2n) is 6.16. The topological polar surface area (TPSA) is 37.4 Å². The van der Waals surface area contributed by atoms with Crippen molar-refractivity contribution in [1.82, 2.24) is 4.90 Å². The first-order valence-corrected chi connectivity index (χ1v) is 8.44. The largest absolute Gasteiger partial charge is 0.339 e. The van der Waals surface area contributed by atoms with E-state index in [2.05, 4.69) is 6.92 Å². The van der Waals surface area contributed by atoms with E-state index in [1.54, 1.807) is 6.92 Å². The number of rotatable bonds is 9. The second-order valence-corrected chi connectivity index (χ2v) is 6.16. The van der Waals surface area contributed by atoms with Gasteiger partial charge in [0.1, 0.15) is 5.78 Å². The van der Waals surface area contributed by atoms with Gasteiger partial charge in [-0.15, -0.1) is 0 Å². The molecule has 0 aromatic heterocycles. The number of carbonyl (C=O) groups is 2. The summed E-state index contributed by atoms with van der Waals surface area (Å²) in [5.74, 6) is 0.473. The molecule has 0 aliphatic carbocycles. The minimum atomic E-state index is 0.175. The molecule has 3 nitrogen and oxygen atoms in total. The maximum atomic E-state index is 12.3. The molecule has 1 fully saturated rings. The number of nitrogens with zero attached hydrogens (tertiary/aromatic N) is 1. The van der Waals surface area contributed by atoms with Gasteiger partial charge < -0.3 is 4.90 Å². The highest BCUT2D eigenvalue weighted by Gasteiger charge is 2.26. The summed E-state index contributed by atoms with van der Waals surface area (Å²) in [7, 11) is 0. The highest BCUT2D eigenvalue weighted by atomic mass is 16.2. The van der Waals surface area contributed by atoms with Crippen LogP contribution < -0.4 is 0 Å². The Morgan fingerprint density at radius 2 is 1.75 bits per heavy atom. The van der Waals surface area contributed by atoms with Crippen molar-refractivity contribution in [3.05, 3.63) is 0 Å². The molecule has 20 heavy (non-hydrogen) atoms. The van der Waals surface area contributed by atoms with E-state index in [0.717, 1.165) is 38.6 Å². The predicted octanol–water partition coefficient (Wildman–Crippen LogP) is 4.10. The van der Waals surface area contributed by atoms with Gasteiger partial charge in [0, 0.05) is 25.4 Å². The summed E-state index contributed by atoms with van der Waals surface area (Å²) in [6.45, 7) is 4.70. The highest BCUT2D eigenvalue weighted by Crippen LogP contribution is 2.21. The van der Waals surface area contributed by atoms with E-state index in [1.165, 1.54) is 25.7 Å². The number of amides is 1. The first-order valence-electron chi connectivity index (χ1n) is 8.44. The second kappa shape index (κ2) is 9.95. The van der Waals surface area contributed by atoms with Crippen LogP contribution in [0.5, 0.6) is 0 Å². The van der Waals surface area contributed by atoms with Crippen molar-refractivity contribution in [3.63, 3.8) is 0 Å². The van der Waals surface area contributed by atoms with Crippen LogP contribution in [-0.2, 0) is 9.59 Å². The predicted molar refractivity (Wildman–Crippen MR) is 82.6 cm³/mol. The molecule has 3 heteroatoms. The first-order chi connectivity index (χ1) is 9.65. The Balaban J connectivity index is 2.26. The van der Waals surface area contributed by atoms with E-state index in [1.807, 2.05) is 4.90 Å². The van der Waals surface area contributed by atoms with Gasteiger partial charge in [-0.1, -0.05) is 39.0 Å². The fraction of sp³-hybridized carbons (Fsp3) is 0.882. The normalized spacial score (nSPS) is 19.1. The van der Waals surface area contributed by atoms with Crippen molar-refractivity contribution in [2.45, 2.75) is 90.5 Å². The van der Waals surface area contributed by atoms with Crippen LogP contribution in [0.25, 0.3) is 0 Å². The molecule has 0 radical (unpaired) electrons. The molecule has 0 saturated carbocycles. The van der Waals surface area contributed by atoms with Crippen molar-refractivity contribution >= 4 is 11.7 Å². The van der Waals surface area contributed by atoms with Gasteiger partial charge in [0.25, 0.3) is 0 Å². The van der Waals surface area contributed by atoms with Gasteiger partial charge in [-0.25, -0.2) is 0 Å². The van der Waals surface area contributed by atoms with Gasteiger partial charge >= 0.3 is 0 Å². The molecule has 1 aliphatic heterocycles. The monoisotopic (exact) mass is 281 g/mol. The van der Waals surface area contributed by atoms with Crippen molar-refractivity contribution in [3.8, 4) is 0 Å². The molecule has 1 rings (SSSR count). The minimum absolute atomic E-state index is 0.175. The number of likely N-dealkylation sites (tertiary alicyclic amines) is 1. The summed E-state index contributed by atoms with van der Waals surface area (Å²) in [6.07, 6.45) is 11.7. The van der Waals surface area contributed by atoms with Gasteiger partial charge in [0.05, 0.1) is 0 Å². The third-order valence-corrected chi connectivity index (χ3v) is 4.21. The number of carbonyl (C=O) groups excluding carboxylic acids is 2. The fourth-order valence-electron chi connectivity index (χ4n) is 3.07. The number of Topliss-reactive ketones (excluding diaryl/α,β-unsaturated/α-hetero) is 1. The molecule has 116 valence electrons. The summed E-state index contributed by atoms with van der Waals surface area (Å²) < 4.78 is 0. The smallest absolute Gasteiger partial charge is 0.222 e. The first kappa shape index (κ1) is 17.2. The Kier molecular flexibility index (Phi) is 8.56. The molecule has 0 aromatic carbocycles. The molecule has 1 atom stereocenters. The molecule has 1 unspecified atom stereocenters. The zero-order chi connectivity index (χ0) is 14.8. The van der Waals surface area contributed by atoms with E-state index in [0.29, 0.717) is 12.8 Å². The Morgan fingerprint density at radius 1 is 1.05 bits per heavy atom. The molecule has 1 heterocycles. The third kappa shape index (κ3) is 6.53. The van der Waals surface area contributed by atoms with Crippen LogP contribution in [0, 0.1) is 0 Å². The number of unbranched alkanes of at least 4 members (excludes halogenated alkanes) is 5. The Bertz CT molecular complexity index is 301. The molecule has 1 aliphatic rings. The van der Waals surface area contributed by atoms with Crippen LogP contribution >= 0.6 is 0 Å². The fourth-order valence-corrected chi connectivity index (χ4v) is 3.07. The lowest BCUT2D eigenvalue weighted by atomic mass is 9.97. The van der Waals surface area contributed by atoms with Crippen LogP contribution in [-0.4, -0.2) is 29.2 Å². The van der Waals surface area contributed by atoms with Gasteiger partial charge in [0.2, 0.25) is 5.91 Å². The van der Waals surface area contributed by atoms with E-state index in [4.69, 9.17) is 0 Å². The molecule has 1 amide bonds. The average Bonchev–Trinajstić information content (AvgIpc) is 2.42. The minimum Gasteiger partial charge on any atom is -0.339 e. The molecule has 0 N–H and O–H groups in total. The maximum Gasteiger partial charge on any atom is 0.222 e. The van der Waals surface area contributed by atoms with Gasteiger partial charge in [-0.05, 0) is 32.6 Å². The lowest BCUT2D eigenvalue weighted by Gasteiger charge is -2.35. The van der Waals surface area contributed by atoms with E-state index < -0.39 is 0 Å². The summed E-state index contributed by atoms with van der Waals surface area (Å²) in [4.78, 5) is 25.6.